The molecule has 1 fully saturated rings. The molecule has 1 aromatic heterocycles. The van der Waals surface area contributed by atoms with E-state index in [1.54, 1.807) is 11.3 Å². The van der Waals surface area contributed by atoms with Crippen molar-refractivity contribution in [3.63, 3.8) is 0 Å². The molecule has 0 amide bonds. The third-order valence-corrected chi connectivity index (χ3v) is 4.78. The minimum absolute atomic E-state index is 0.557. The maximum absolute atomic E-state index is 11.4. The summed E-state index contributed by atoms with van der Waals surface area (Å²) in [5, 5.41) is 9.41. The Bertz CT molecular complexity index is 361. The standard InChI is InChI=1S/C12H16O2S/c1-2-9-5-6-10(15-9)12(11(13)14)7-3-4-8-12/h5-6H,2-4,7-8H2,1H3,(H,13,14). The fraction of sp³-hybridized carbons (Fsp3) is 0.583. The van der Waals surface area contributed by atoms with E-state index in [-0.39, 0.29) is 0 Å². The Morgan fingerprint density at radius 3 is 2.60 bits per heavy atom. The van der Waals surface area contributed by atoms with Crippen molar-refractivity contribution in [1.29, 1.82) is 0 Å². The fourth-order valence-electron chi connectivity index (χ4n) is 2.37. The van der Waals surface area contributed by atoms with Crippen LogP contribution in [-0.2, 0) is 16.6 Å². The Kier molecular flexibility index (Phi) is 2.83. The van der Waals surface area contributed by atoms with Crippen molar-refractivity contribution in [2.75, 3.05) is 0 Å². The Morgan fingerprint density at radius 1 is 1.47 bits per heavy atom. The van der Waals surface area contributed by atoms with Gasteiger partial charge in [-0.05, 0) is 31.4 Å². The largest absolute Gasteiger partial charge is 0.481 e. The summed E-state index contributed by atoms with van der Waals surface area (Å²) in [6.45, 7) is 2.11. The highest BCUT2D eigenvalue weighted by molar-refractivity contribution is 7.12. The average molecular weight is 224 g/mol. The Balaban J connectivity index is 2.36. The van der Waals surface area contributed by atoms with Gasteiger partial charge < -0.3 is 5.11 Å². The van der Waals surface area contributed by atoms with Gasteiger partial charge in [0.2, 0.25) is 0 Å². The van der Waals surface area contributed by atoms with Crippen LogP contribution in [0.3, 0.4) is 0 Å². The average Bonchev–Trinajstić information content (AvgIpc) is 2.87. The maximum atomic E-state index is 11.4. The van der Waals surface area contributed by atoms with Gasteiger partial charge >= 0.3 is 5.97 Å². The highest BCUT2D eigenvalue weighted by atomic mass is 32.1. The molecule has 0 aliphatic heterocycles. The van der Waals surface area contributed by atoms with E-state index in [2.05, 4.69) is 13.0 Å². The van der Waals surface area contributed by atoms with Crippen LogP contribution in [0.25, 0.3) is 0 Å². The van der Waals surface area contributed by atoms with Gasteiger partial charge in [-0.15, -0.1) is 11.3 Å². The highest BCUT2D eigenvalue weighted by Gasteiger charge is 2.43. The van der Waals surface area contributed by atoms with Gasteiger partial charge in [0, 0.05) is 9.75 Å². The molecule has 0 aromatic carbocycles. The van der Waals surface area contributed by atoms with Crippen LogP contribution < -0.4 is 0 Å². The van der Waals surface area contributed by atoms with Gasteiger partial charge in [0.1, 0.15) is 5.41 Å². The molecule has 0 atom stereocenters. The van der Waals surface area contributed by atoms with E-state index in [1.807, 2.05) is 6.07 Å². The topological polar surface area (TPSA) is 37.3 Å². The molecule has 2 nitrogen and oxygen atoms in total. The van der Waals surface area contributed by atoms with Crippen molar-refractivity contribution in [3.8, 4) is 0 Å². The number of rotatable bonds is 3. The predicted molar refractivity (Wildman–Crippen MR) is 61.5 cm³/mol. The molecule has 1 aliphatic rings. The fourth-order valence-corrected chi connectivity index (χ4v) is 3.56. The molecule has 2 rings (SSSR count). The van der Waals surface area contributed by atoms with E-state index in [4.69, 9.17) is 0 Å². The Hall–Kier alpha value is -0.830. The van der Waals surface area contributed by atoms with Gasteiger partial charge in [0.25, 0.3) is 0 Å². The van der Waals surface area contributed by atoms with Crippen LogP contribution in [-0.4, -0.2) is 11.1 Å². The smallest absolute Gasteiger partial charge is 0.314 e. The molecule has 82 valence electrons. The molecule has 1 aliphatic carbocycles. The number of aliphatic carboxylic acids is 1. The Morgan fingerprint density at radius 2 is 2.13 bits per heavy atom. The molecule has 0 unspecified atom stereocenters. The second kappa shape index (κ2) is 3.97. The second-order valence-corrected chi connectivity index (χ2v) is 5.38. The van der Waals surface area contributed by atoms with Gasteiger partial charge in [-0.3, -0.25) is 4.79 Å². The molecule has 1 saturated carbocycles. The van der Waals surface area contributed by atoms with Crippen molar-refractivity contribution >= 4 is 17.3 Å². The van der Waals surface area contributed by atoms with Crippen LogP contribution in [0.15, 0.2) is 12.1 Å². The van der Waals surface area contributed by atoms with E-state index in [0.717, 1.165) is 37.0 Å². The highest BCUT2D eigenvalue weighted by Crippen LogP contribution is 2.44. The number of hydrogen-bond donors (Lipinski definition) is 1. The summed E-state index contributed by atoms with van der Waals surface area (Å²) in [7, 11) is 0. The molecule has 15 heavy (non-hydrogen) atoms. The molecule has 0 spiro atoms. The molecule has 1 aromatic rings. The van der Waals surface area contributed by atoms with Crippen molar-refractivity contribution < 1.29 is 9.90 Å². The van der Waals surface area contributed by atoms with E-state index >= 15 is 0 Å². The SMILES string of the molecule is CCc1ccc(C2(C(=O)O)CCCC2)s1. The summed E-state index contributed by atoms with van der Waals surface area (Å²) >= 11 is 1.68. The zero-order valence-electron chi connectivity index (χ0n) is 8.95. The molecule has 0 radical (unpaired) electrons. The molecule has 0 saturated heterocycles. The lowest BCUT2D eigenvalue weighted by atomic mass is 9.85. The van der Waals surface area contributed by atoms with Gasteiger partial charge in [0.05, 0.1) is 0 Å². The molecule has 1 heterocycles. The summed E-state index contributed by atoms with van der Waals surface area (Å²) in [6, 6.07) is 4.09. The minimum atomic E-state index is -0.635. The van der Waals surface area contributed by atoms with Gasteiger partial charge in [-0.1, -0.05) is 19.8 Å². The predicted octanol–water partition coefficient (Wildman–Crippen LogP) is 3.21. The number of carboxylic acid groups (broad SMARTS) is 1. The van der Waals surface area contributed by atoms with Crippen LogP contribution in [0.5, 0.6) is 0 Å². The first-order chi connectivity index (χ1) is 7.19. The number of hydrogen-bond acceptors (Lipinski definition) is 2. The van der Waals surface area contributed by atoms with Crippen molar-refractivity contribution in [1.82, 2.24) is 0 Å². The first kappa shape index (κ1) is 10.7. The molecular formula is C12H16O2S. The van der Waals surface area contributed by atoms with E-state index < -0.39 is 11.4 Å². The van der Waals surface area contributed by atoms with E-state index in [9.17, 15) is 9.90 Å². The monoisotopic (exact) mass is 224 g/mol. The first-order valence-corrected chi connectivity index (χ1v) is 6.33. The summed E-state index contributed by atoms with van der Waals surface area (Å²) in [6.07, 6.45) is 4.72. The number of carboxylic acids is 1. The third-order valence-electron chi connectivity index (χ3n) is 3.35. The normalized spacial score (nSPS) is 19.3. The molecule has 1 N–H and O–H groups in total. The van der Waals surface area contributed by atoms with Crippen molar-refractivity contribution in [2.24, 2.45) is 0 Å². The van der Waals surface area contributed by atoms with Gasteiger partial charge in [-0.25, -0.2) is 0 Å². The lowest BCUT2D eigenvalue weighted by Gasteiger charge is -2.21. The third kappa shape index (κ3) is 1.69. The van der Waals surface area contributed by atoms with Crippen LogP contribution in [0.4, 0.5) is 0 Å². The molecule has 0 bridgehead atoms. The number of aryl methyl sites for hydroxylation is 1. The van der Waals surface area contributed by atoms with Crippen LogP contribution >= 0.6 is 11.3 Å². The quantitative estimate of drug-likeness (QED) is 0.856. The second-order valence-electron chi connectivity index (χ2n) is 4.21. The maximum Gasteiger partial charge on any atom is 0.314 e. The van der Waals surface area contributed by atoms with Crippen LogP contribution in [0.1, 0.15) is 42.4 Å². The first-order valence-electron chi connectivity index (χ1n) is 5.51. The molecular weight excluding hydrogens is 208 g/mol. The summed E-state index contributed by atoms with van der Waals surface area (Å²) < 4.78 is 0. The van der Waals surface area contributed by atoms with Gasteiger partial charge in [0.15, 0.2) is 0 Å². The lowest BCUT2D eigenvalue weighted by molar-refractivity contribution is -0.143. The van der Waals surface area contributed by atoms with E-state index in [1.165, 1.54) is 4.88 Å². The summed E-state index contributed by atoms with van der Waals surface area (Å²) in [5.41, 5.74) is -0.557. The lowest BCUT2D eigenvalue weighted by Crippen LogP contribution is -2.31. The van der Waals surface area contributed by atoms with Crippen molar-refractivity contribution in [2.45, 2.75) is 44.4 Å². The summed E-state index contributed by atoms with van der Waals surface area (Å²) in [4.78, 5) is 13.8. The van der Waals surface area contributed by atoms with E-state index in [0.29, 0.717) is 0 Å². The summed E-state index contributed by atoms with van der Waals surface area (Å²) in [5.74, 6) is -0.635. The van der Waals surface area contributed by atoms with Crippen LogP contribution in [0, 0.1) is 0 Å². The number of carbonyl (C=O) groups is 1. The molecule has 3 heteroatoms. The zero-order valence-corrected chi connectivity index (χ0v) is 9.77. The van der Waals surface area contributed by atoms with Crippen LogP contribution in [0.2, 0.25) is 0 Å². The Labute approximate surface area is 93.9 Å². The van der Waals surface area contributed by atoms with Gasteiger partial charge in [-0.2, -0.15) is 0 Å². The van der Waals surface area contributed by atoms with Crippen molar-refractivity contribution in [3.05, 3.63) is 21.9 Å². The minimum Gasteiger partial charge on any atom is -0.481 e. The number of thiophene rings is 1. The zero-order chi connectivity index (χ0) is 10.9.